The lowest BCUT2D eigenvalue weighted by molar-refractivity contribution is -0.123. The number of rotatable bonds is 7. The summed E-state index contributed by atoms with van der Waals surface area (Å²) in [5.41, 5.74) is 3.01. The van der Waals surface area contributed by atoms with Crippen molar-refractivity contribution in [1.29, 1.82) is 0 Å². The van der Waals surface area contributed by atoms with E-state index in [1.165, 1.54) is 5.56 Å². The van der Waals surface area contributed by atoms with E-state index in [0.29, 0.717) is 24.5 Å². The molecule has 2 aromatic carbocycles. The predicted octanol–water partition coefficient (Wildman–Crippen LogP) is 2.32. The van der Waals surface area contributed by atoms with E-state index in [2.05, 4.69) is 6.92 Å². The molecule has 172 valence electrons. The number of anilines is 1. The Labute approximate surface area is 189 Å². The van der Waals surface area contributed by atoms with Crippen molar-refractivity contribution >= 4 is 21.4 Å². The highest BCUT2D eigenvalue weighted by Crippen LogP contribution is 2.32. The summed E-state index contributed by atoms with van der Waals surface area (Å²) < 4.78 is 35.8. The standard InChI is InChI=1S/C24H30N2O5S/c1-4-17-5-8-19(9-6-17)26-21-16-32(28,29)15-20(21)25(14-24(26)27)12-11-18-7-10-22(30-2)23(13-18)31-3/h5-10,13,20-21H,4,11-12,14-16H2,1-3H3. The molecule has 2 aliphatic rings. The van der Waals surface area contributed by atoms with E-state index < -0.39 is 9.84 Å². The molecule has 2 atom stereocenters. The van der Waals surface area contributed by atoms with Crippen molar-refractivity contribution in [1.82, 2.24) is 4.90 Å². The first-order valence-corrected chi connectivity index (χ1v) is 12.7. The van der Waals surface area contributed by atoms with Gasteiger partial charge in [-0.2, -0.15) is 0 Å². The number of hydrogen-bond donors (Lipinski definition) is 0. The van der Waals surface area contributed by atoms with Gasteiger partial charge in [0.05, 0.1) is 38.3 Å². The van der Waals surface area contributed by atoms with Crippen LogP contribution in [0.15, 0.2) is 42.5 Å². The van der Waals surface area contributed by atoms with E-state index in [1.54, 1.807) is 19.1 Å². The van der Waals surface area contributed by atoms with E-state index in [1.807, 2.05) is 47.4 Å². The third kappa shape index (κ3) is 4.47. The van der Waals surface area contributed by atoms with Gasteiger partial charge in [0.25, 0.3) is 0 Å². The summed E-state index contributed by atoms with van der Waals surface area (Å²) >= 11 is 0. The molecule has 32 heavy (non-hydrogen) atoms. The van der Waals surface area contributed by atoms with Gasteiger partial charge in [-0.15, -0.1) is 0 Å². The summed E-state index contributed by atoms with van der Waals surface area (Å²) in [6, 6.07) is 13.1. The number of carbonyl (C=O) groups is 1. The minimum absolute atomic E-state index is 0.00575. The second kappa shape index (κ2) is 9.11. The molecule has 2 aromatic rings. The maximum atomic E-state index is 13.2. The van der Waals surface area contributed by atoms with Gasteiger partial charge in [-0.25, -0.2) is 8.42 Å². The van der Waals surface area contributed by atoms with E-state index in [0.717, 1.165) is 17.7 Å². The van der Waals surface area contributed by atoms with Gasteiger partial charge in [0.15, 0.2) is 21.3 Å². The largest absolute Gasteiger partial charge is 0.493 e. The quantitative estimate of drug-likeness (QED) is 0.634. The van der Waals surface area contributed by atoms with Gasteiger partial charge >= 0.3 is 0 Å². The Bertz CT molecular complexity index is 1080. The lowest BCUT2D eigenvalue weighted by atomic mass is 10.0. The molecule has 8 heteroatoms. The number of carbonyl (C=O) groups excluding carboxylic acids is 1. The monoisotopic (exact) mass is 458 g/mol. The third-order valence-corrected chi connectivity index (χ3v) is 8.16. The van der Waals surface area contributed by atoms with Crippen molar-refractivity contribution in [3.8, 4) is 11.5 Å². The van der Waals surface area contributed by atoms with Crippen LogP contribution in [-0.2, 0) is 27.5 Å². The summed E-state index contributed by atoms with van der Waals surface area (Å²) in [6.07, 6.45) is 1.60. The fourth-order valence-corrected chi connectivity index (χ4v) is 6.72. The molecule has 0 spiro atoms. The van der Waals surface area contributed by atoms with Crippen LogP contribution in [0.5, 0.6) is 11.5 Å². The Balaban J connectivity index is 1.54. The molecular formula is C24H30N2O5S. The predicted molar refractivity (Wildman–Crippen MR) is 124 cm³/mol. The van der Waals surface area contributed by atoms with Crippen LogP contribution in [0.25, 0.3) is 0 Å². The molecule has 0 radical (unpaired) electrons. The lowest BCUT2D eigenvalue weighted by Gasteiger charge is -2.43. The molecule has 2 fully saturated rings. The van der Waals surface area contributed by atoms with Crippen molar-refractivity contribution < 1.29 is 22.7 Å². The number of aryl methyl sites for hydroxylation is 1. The first kappa shape index (κ1) is 22.6. The maximum Gasteiger partial charge on any atom is 0.241 e. The van der Waals surface area contributed by atoms with Gasteiger partial charge in [-0.3, -0.25) is 9.69 Å². The molecule has 2 aliphatic heterocycles. The molecule has 0 aliphatic carbocycles. The Morgan fingerprint density at radius 3 is 2.25 bits per heavy atom. The molecule has 7 nitrogen and oxygen atoms in total. The van der Waals surface area contributed by atoms with Crippen LogP contribution >= 0.6 is 0 Å². The molecular weight excluding hydrogens is 428 g/mol. The number of ether oxygens (including phenoxy) is 2. The van der Waals surface area contributed by atoms with Crippen LogP contribution in [0.3, 0.4) is 0 Å². The van der Waals surface area contributed by atoms with Crippen molar-refractivity contribution in [2.45, 2.75) is 31.8 Å². The van der Waals surface area contributed by atoms with E-state index in [-0.39, 0.29) is 36.0 Å². The number of nitrogens with zero attached hydrogens (tertiary/aromatic N) is 2. The fourth-order valence-electron chi connectivity index (χ4n) is 4.74. The molecule has 2 unspecified atom stereocenters. The molecule has 0 N–H and O–H groups in total. The van der Waals surface area contributed by atoms with Crippen LogP contribution in [-0.4, -0.2) is 70.1 Å². The third-order valence-electron chi connectivity index (χ3n) is 6.46. The summed E-state index contributed by atoms with van der Waals surface area (Å²) in [5, 5.41) is 0. The molecule has 2 heterocycles. The number of sulfone groups is 1. The van der Waals surface area contributed by atoms with Gasteiger partial charge in [-0.05, 0) is 48.2 Å². The SMILES string of the molecule is CCc1ccc(N2C(=O)CN(CCc3ccc(OC)c(OC)c3)C3CS(=O)(=O)CC32)cc1. The second-order valence-electron chi connectivity index (χ2n) is 8.41. The van der Waals surface area contributed by atoms with Crippen molar-refractivity contribution in [2.24, 2.45) is 0 Å². The first-order valence-electron chi connectivity index (χ1n) is 10.9. The zero-order chi connectivity index (χ0) is 22.9. The number of hydrogen-bond acceptors (Lipinski definition) is 6. The Morgan fingerprint density at radius 1 is 0.938 bits per heavy atom. The lowest BCUT2D eigenvalue weighted by Crippen LogP contribution is -2.62. The summed E-state index contributed by atoms with van der Waals surface area (Å²) in [4.78, 5) is 16.9. The number of benzene rings is 2. The normalized spacial score (nSPS) is 22.6. The Kier molecular flexibility index (Phi) is 6.44. The van der Waals surface area contributed by atoms with Gasteiger partial charge in [0, 0.05) is 18.3 Å². The molecule has 4 rings (SSSR count). The topological polar surface area (TPSA) is 76.2 Å². The van der Waals surface area contributed by atoms with Gasteiger partial charge in [0.1, 0.15) is 0 Å². The van der Waals surface area contributed by atoms with Gasteiger partial charge < -0.3 is 14.4 Å². The number of amides is 1. The average molecular weight is 459 g/mol. The smallest absolute Gasteiger partial charge is 0.241 e. The van der Waals surface area contributed by atoms with E-state index >= 15 is 0 Å². The van der Waals surface area contributed by atoms with Crippen molar-refractivity contribution in [3.05, 3.63) is 53.6 Å². The fraction of sp³-hybridized carbons (Fsp3) is 0.458. The molecule has 2 saturated heterocycles. The molecule has 0 bridgehead atoms. The van der Waals surface area contributed by atoms with Crippen LogP contribution in [0.4, 0.5) is 5.69 Å². The van der Waals surface area contributed by atoms with Crippen LogP contribution in [0.2, 0.25) is 0 Å². The number of piperazine rings is 1. The number of fused-ring (bicyclic) bond motifs is 1. The van der Waals surface area contributed by atoms with Crippen LogP contribution < -0.4 is 14.4 Å². The minimum atomic E-state index is -3.21. The summed E-state index contributed by atoms with van der Waals surface area (Å²) in [5.74, 6) is 1.35. The molecule has 1 amide bonds. The Morgan fingerprint density at radius 2 is 1.59 bits per heavy atom. The molecule has 0 aromatic heterocycles. The van der Waals surface area contributed by atoms with Gasteiger partial charge in [0.2, 0.25) is 5.91 Å². The highest BCUT2D eigenvalue weighted by Gasteiger charge is 2.49. The first-order chi connectivity index (χ1) is 15.3. The van der Waals surface area contributed by atoms with Crippen molar-refractivity contribution in [3.63, 3.8) is 0 Å². The minimum Gasteiger partial charge on any atom is -0.493 e. The van der Waals surface area contributed by atoms with Gasteiger partial charge in [-0.1, -0.05) is 25.1 Å². The highest BCUT2D eigenvalue weighted by molar-refractivity contribution is 7.91. The molecule has 0 saturated carbocycles. The van der Waals surface area contributed by atoms with E-state index in [4.69, 9.17) is 9.47 Å². The highest BCUT2D eigenvalue weighted by atomic mass is 32.2. The van der Waals surface area contributed by atoms with Crippen LogP contribution in [0, 0.1) is 0 Å². The summed E-state index contributed by atoms with van der Waals surface area (Å²) in [7, 11) is -0.0196. The maximum absolute atomic E-state index is 13.2. The summed E-state index contributed by atoms with van der Waals surface area (Å²) in [6.45, 7) is 2.89. The number of methoxy groups -OCH3 is 2. The zero-order valence-corrected chi connectivity index (χ0v) is 19.6. The Hall–Kier alpha value is -2.58. The van der Waals surface area contributed by atoms with E-state index in [9.17, 15) is 13.2 Å². The van der Waals surface area contributed by atoms with Crippen molar-refractivity contribution in [2.75, 3.05) is 43.7 Å². The zero-order valence-electron chi connectivity index (χ0n) is 18.8. The average Bonchev–Trinajstić information content (AvgIpc) is 3.12. The van der Waals surface area contributed by atoms with Crippen LogP contribution in [0.1, 0.15) is 18.1 Å². The second-order valence-corrected chi connectivity index (χ2v) is 10.6.